The molecule has 0 amide bonds. The molecule has 0 aliphatic carbocycles. The molecule has 0 fully saturated rings. The molecule has 1 aromatic carbocycles. The van der Waals surface area contributed by atoms with Crippen molar-refractivity contribution in [2.45, 2.75) is 0 Å². The standard InChI is InChI=1S/C14H10ClN3O/c15-11-6-2-1-5-10(11)12-13(18-19-14(12)16)9-4-3-7-17-8-9/h1-8H,16H2. The van der Waals surface area contributed by atoms with E-state index >= 15 is 0 Å². The molecule has 0 bridgehead atoms. The van der Waals surface area contributed by atoms with Crippen LogP contribution in [-0.4, -0.2) is 10.1 Å². The minimum atomic E-state index is 0.243. The number of aromatic nitrogens is 2. The molecule has 4 nitrogen and oxygen atoms in total. The van der Waals surface area contributed by atoms with Crippen LogP contribution in [0.15, 0.2) is 53.3 Å². The highest BCUT2D eigenvalue weighted by molar-refractivity contribution is 6.33. The van der Waals surface area contributed by atoms with Crippen molar-refractivity contribution in [2.24, 2.45) is 0 Å². The number of hydrogen-bond acceptors (Lipinski definition) is 4. The van der Waals surface area contributed by atoms with Crippen molar-refractivity contribution in [1.29, 1.82) is 0 Å². The van der Waals surface area contributed by atoms with Crippen molar-refractivity contribution in [3.8, 4) is 22.4 Å². The van der Waals surface area contributed by atoms with E-state index < -0.39 is 0 Å². The number of nitrogens with zero attached hydrogens (tertiary/aromatic N) is 2. The Morgan fingerprint density at radius 2 is 1.95 bits per heavy atom. The number of nitrogen functional groups attached to an aromatic ring is 1. The maximum Gasteiger partial charge on any atom is 0.230 e. The van der Waals surface area contributed by atoms with Crippen LogP contribution in [-0.2, 0) is 0 Å². The van der Waals surface area contributed by atoms with Crippen LogP contribution in [0.3, 0.4) is 0 Å². The van der Waals surface area contributed by atoms with Crippen LogP contribution in [0.5, 0.6) is 0 Å². The van der Waals surface area contributed by atoms with Crippen molar-refractivity contribution in [2.75, 3.05) is 5.73 Å². The minimum absolute atomic E-state index is 0.243. The van der Waals surface area contributed by atoms with E-state index in [-0.39, 0.29) is 5.88 Å². The predicted octanol–water partition coefficient (Wildman–Crippen LogP) is 3.64. The van der Waals surface area contributed by atoms with Gasteiger partial charge >= 0.3 is 0 Å². The van der Waals surface area contributed by atoms with Crippen LogP contribution in [0.4, 0.5) is 5.88 Å². The van der Waals surface area contributed by atoms with Crippen LogP contribution >= 0.6 is 11.6 Å². The number of benzene rings is 1. The van der Waals surface area contributed by atoms with E-state index in [2.05, 4.69) is 10.1 Å². The molecule has 0 aliphatic rings. The van der Waals surface area contributed by atoms with Gasteiger partial charge in [0.25, 0.3) is 0 Å². The van der Waals surface area contributed by atoms with Gasteiger partial charge < -0.3 is 10.3 Å². The summed E-state index contributed by atoms with van der Waals surface area (Å²) in [4.78, 5) is 4.07. The van der Waals surface area contributed by atoms with E-state index in [1.165, 1.54) is 0 Å². The summed E-state index contributed by atoms with van der Waals surface area (Å²) in [6.07, 6.45) is 3.40. The second kappa shape index (κ2) is 4.74. The lowest BCUT2D eigenvalue weighted by molar-refractivity contribution is 0.439. The summed E-state index contributed by atoms with van der Waals surface area (Å²) in [6.45, 7) is 0. The highest BCUT2D eigenvalue weighted by Crippen LogP contribution is 2.39. The average molecular weight is 272 g/mol. The van der Waals surface area contributed by atoms with E-state index in [1.54, 1.807) is 18.5 Å². The molecule has 0 saturated carbocycles. The smallest absolute Gasteiger partial charge is 0.230 e. The van der Waals surface area contributed by atoms with Crippen molar-refractivity contribution in [3.05, 3.63) is 53.8 Å². The summed E-state index contributed by atoms with van der Waals surface area (Å²) >= 11 is 6.21. The van der Waals surface area contributed by atoms with Gasteiger partial charge in [0, 0.05) is 28.5 Å². The van der Waals surface area contributed by atoms with Crippen LogP contribution in [0.25, 0.3) is 22.4 Å². The molecule has 0 unspecified atom stereocenters. The zero-order valence-corrected chi connectivity index (χ0v) is 10.6. The Bertz CT molecular complexity index is 710. The van der Waals surface area contributed by atoms with Gasteiger partial charge in [0.1, 0.15) is 5.69 Å². The largest absolute Gasteiger partial charge is 0.367 e. The molecule has 0 spiro atoms. The summed E-state index contributed by atoms with van der Waals surface area (Å²) in [5.41, 5.74) is 8.83. The number of hydrogen-bond donors (Lipinski definition) is 1. The Hall–Kier alpha value is -2.33. The highest BCUT2D eigenvalue weighted by atomic mass is 35.5. The first-order chi connectivity index (χ1) is 9.27. The molecule has 19 heavy (non-hydrogen) atoms. The Labute approximate surface area is 114 Å². The molecular formula is C14H10ClN3O. The van der Waals surface area contributed by atoms with Crippen LogP contribution in [0.2, 0.25) is 5.02 Å². The lowest BCUT2D eigenvalue weighted by atomic mass is 10.0. The molecule has 3 rings (SSSR count). The van der Waals surface area contributed by atoms with Gasteiger partial charge in [-0.1, -0.05) is 35.0 Å². The van der Waals surface area contributed by atoms with E-state index in [4.69, 9.17) is 21.9 Å². The molecule has 0 saturated heterocycles. The van der Waals surface area contributed by atoms with E-state index in [9.17, 15) is 0 Å². The first-order valence-electron chi connectivity index (χ1n) is 5.68. The minimum Gasteiger partial charge on any atom is -0.367 e. The summed E-state index contributed by atoms with van der Waals surface area (Å²) in [5, 5.41) is 4.60. The molecule has 5 heteroatoms. The molecule has 0 aliphatic heterocycles. The van der Waals surface area contributed by atoms with Crippen molar-refractivity contribution in [3.63, 3.8) is 0 Å². The lowest BCUT2D eigenvalue weighted by Crippen LogP contribution is -1.88. The first kappa shape index (κ1) is 11.7. The molecule has 3 aromatic rings. The summed E-state index contributed by atoms with van der Waals surface area (Å²) in [5.74, 6) is 0.243. The Morgan fingerprint density at radius 1 is 1.11 bits per heavy atom. The molecule has 94 valence electrons. The van der Waals surface area contributed by atoms with E-state index in [1.807, 2.05) is 30.3 Å². The van der Waals surface area contributed by atoms with Crippen molar-refractivity contribution >= 4 is 17.5 Å². The summed E-state index contributed by atoms with van der Waals surface area (Å²) in [7, 11) is 0. The molecule has 0 radical (unpaired) electrons. The third-order valence-corrected chi connectivity index (χ3v) is 3.13. The van der Waals surface area contributed by atoms with Crippen molar-refractivity contribution in [1.82, 2.24) is 10.1 Å². The van der Waals surface area contributed by atoms with E-state index in [0.29, 0.717) is 16.3 Å². The van der Waals surface area contributed by atoms with Gasteiger partial charge in [-0.05, 0) is 18.2 Å². The maximum atomic E-state index is 6.21. The Balaban J connectivity index is 2.23. The van der Waals surface area contributed by atoms with Gasteiger partial charge in [0.05, 0.1) is 5.56 Å². The Kier molecular flexibility index (Phi) is 2.93. The second-order valence-electron chi connectivity index (χ2n) is 3.99. The monoisotopic (exact) mass is 271 g/mol. The molecule has 2 N–H and O–H groups in total. The molecule has 0 atom stereocenters. The number of halogens is 1. The van der Waals surface area contributed by atoms with Gasteiger partial charge in [-0.25, -0.2) is 0 Å². The molecule has 2 aromatic heterocycles. The molecular weight excluding hydrogens is 262 g/mol. The molecule has 2 heterocycles. The van der Waals surface area contributed by atoms with E-state index in [0.717, 1.165) is 11.1 Å². The quantitative estimate of drug-likeness (QED) is 0.773. The summed E-state index contributed by atoms with van der Waals surface area (Å²) in [6, 6.07) is 11.2. The van der Waals surface area contributed by atoms with Crippen molar-refractivity contribution < 1.29 is 4.52 Å². The normalized spacial score (nSPS) is 10.6. The fourth-order valence-electron chi connectivity index (χ4n) is 1.93. The average Bonchev–Trinajstić information content (AvgIpc) is 2.82. The number of anilines is 1. The van der Waals surface area contributed by atoms with Crippen LogP contribution < -0.4 is 5.73 Å². The fourth-order valence-corrected chi connectivity index (χ4v) is 2.16. The lowest BCUT2D eigenvalue weighted by Gasteiger charge is -2.04. The van der Waals surface area contributed by atoms with Gasteiger partial charge in [-0.15, -0.1) is 0 Å². The van der Waals surface area contributed by atoms with Crippen LogP contribution in [0.1, 0.15) is 0 Å². The highest BCUT2D eigenvalue weighted by Gasteiger charge is 2.19. The van der Waals surface area contributed by atoms with Gasteiger partial charge in [-0.3, -0.25) is 4.98 Å². The van der Waals surface area contributed by atoms with Gasteiger partial charge in [-0.2, -0.15) is 0 Å². The first-order valence-corrected chi connectivity index (χ1v) is 6.05. The van der Waals surface area contributed by atoms with Gasteiger partial charge in [0.2, 0.25) is 5.88 Å². The second-order valence-corrected chi connectivity index (χ2v) is 4.40. The third-order valence-electron chi connectivity index (χ3n) is 2.80. The van der Waals surface area contributed by atoms with Crippen LogP contribution in [0, 0.1) is 0 Å². The maximum absolute atomic E-state index is 6.21. The zero-order valence-electron chi connectivity index (χ0n) is 9.88. The number of pyridine rings is 1. The SMILES string of the molecule is Nc1onc(-c2cccnc2)c1-c1ccccc1Cl. The predicted molar refractivity (Wildman–Crippen MR) is 74.6 cm³/mol. The topological polar surface area (TPSA) is 64.9 Å². The fraction of sp³-hybridized carbons (Fsp3) is 0. The Morgan fingerprint density at radius 3 is 2.68 bits per heavy atom. The number of rotatable bonds is 2. The number of nitrogens with two attached hydrogens (primary N) is 1. The third kappa shape index (κ3) is 2.06. The summed E-state index contributed by atoms with van der Waals surface area (Å²) < 4.78 is 5.10. The zero-order chi connectivity index (χ0) is 13.2. The van der Waals surface area contributed by atoms with Gasteiger partial charge in [0.15, 0.2) is 0 Å².